The fourth-order valence-corrected chi connectivity index (χ4v) is 4.74. The molecule has 132 valence electrons. The van der Waals surface area contributed by atoms with Gasteiger partial charge >= 0.3 is 0 Å². The molecular formula is C20H18N2O2S2. The molecule has 0 N–H and O–H groups in total. The van der Waals surface area contributed by atoms with Gasteiger partial charge in [0.25, 0.3) is 5.91 Å². The molecule has 1 fully saturated rings. The van der Waals surface area contributed by atoms with E-state index >= 15 is 0 Å². The number of benzene rings is 1. The van der Waals surface area contributed by atoms with Crippen molar-refractivity contribution >= 4 is 34.4 Å². The normalized spacial score (nSPS) is 15.2. The van der Waals surface area contributed by atoms with Gasteiger partial charge in [-0.15, -0.1) is 11.3 Å². The minimum atomic E-state index is -0.0339. The maximum atomic E-state index is 12.7. The monoisotopic (exact) mass is 382 g/mol. The van der Waals surface area contributed by atoms with Gasteiger partial charge < -0.3 is 4.90 Å². The molecule has 4 rings (SSSR count). The van der Waals surface area contributed by atoms with E-state index in [-0.39, 0.29) is 17.6 Å². The van der Waals surface area contributed by atoms with Crippen molar-refractivity contribution in [3.05, 3.63) is 63.8 Å². The Morgan fingerprint density at radius 3 is 2.50 bits per heavy atom. The van der Waals surface area contributed by atoms with Crippen LogP contribution in [0, 0.1) is 5.92 Å². The zero-order chi connectivity index (χ0) is 17.9. The third-order valence-corrected chi connectivity index (χ3v) is 6.28. The van der Waals surface area contributed by atoms with Gasteiger partial charge in [-0.05, 0) is 24.3 Å². The number of carbonyl (C=O) groups is 2. The number of thiazole rings is 1. The molecule has 0 unspecified atom stereocenters. The number of amides is 1. The van der Waals surface area contributed by atoms with E-state index in [4.69, 9.17) is 0 Å². The Balaban J connectivity index is 1.39. The number of nitrogens with zero attached hydrogens (tertiary/aromatic N) is 2. The van der Waals surface area contributed by atoms with Crippen LogP contribution in [0.15, 0.2) is 52.5 Å². The van der Waals surface area contributed by atoms with Crippen molar-refractivity contribution < 1.29 is 9.59 Å². The predicted octanol–water partition coefficient (Wildman–Crippen LogP) is 4.61. The predicted molar refractivity (Wildman–Crippen MR) is 105 cm³/mol. The van der Waals surface area contributed by atoms with E-state index < -0.39 is 0 Å². The van der Waals surface area contributed by atoms with E-state index in [2.05, 4.69) is 4.98 Å². The summed E-state index contributed by atoms with van der Waals surface area (Å²) in [5.41, 5.74) is 2.33. The van der Waals surface area contributed by atoms with Crippen molar-refractivity contribution in [3.8, 4) is 10.6 Å². The van der Waals surface area contributed by atoms with E-state index in [1.807, 2.05) is 57.4 Å². The lowest BCUT2D eigenvalue weighted by Gasteiger charge is -2.30. The number of aromatic nitrogens is 1. The van der Waals surface area contributed by atoms with Gasteiger partial charge in [0.05, 0.1) is 0 Å². The van der Waals surface area contributed by atoms with Crippen LogP contribution in [0.2, 0.25) is 0 Å². The Kier molecular flexibility index (Phi) is 4.95. The molecule has 2 aromatic heterocycles. The van der Waals surface area contributed by atoms with Crippen LogP contribution in [0.5, 0.6) is 0 Å². The summed E-state index contributed by atoms with van der Waals surface area (Å²) in [7, 11) is 0. The Morgan fingerprint density at radius 2 is 1.81 bits per heavy atom. The van der Waals surface area contributed by atoms with Gasteiger partial charge in [-0.25, -0.2) is 4.98 Å². The van der Waals surface area contributed by atoms with Gasteiger partial charge in [-0.1, -0.05) is 30.3 Å². The Labute approximate surface area is 160 Å². The van der Waals surface area contributed by atoms with Crippen LogP contribution in [0.1, 0.15) is 33.7 Å². The maximum Gasteiger partial charge on any atom is 0.273 e. The van der Waals surface area contributed by atoms with E-state index in [1.54, 1.807) is 11.3 Å². The van der Waals surface area contributed by atoms with E-state index in [1.165, 1.54) is 11.3 Å². The second-order valence-corrected chi connectivity index (χ2v) is 7.98. The fraction of sp³-hybridized carbons (Fsp3) is 0.250. The van der Waals surface area contributed by atoms with Crippen molar-refractivity contribution in [1.29, 1.82) is 0 Å². The molecule has 1 saturated heterocycles. The fourth-order valence-electron chi connectivity index (χ4n) is 3.24. The first-order valence-electron chi connectivity index (χ1n) is 8.59. The Bertz CT molecular complexity index is 895. The highest BCUT2D eigenvalue weighted by Crippen LogP contribution is 2.27. The van der Waals surface area contributed by atoms with Crippen molar-refractivity contribution in [2.24, 2.45) is 5.92 Å². The van der Waals surface area contributed by atoms with E-state index in [0.29, 0.717) is 31.6 Å². The number of piperidine rings is 1. The quantitative estimate of drug-likeness (QED) is 0.619. The van der Waals surface area contributed by atoms with Crippen molar-refractivity contribution in [2.75, 3.05) is 13.1 Å². The first-order chi connectivity index (χ1) is 12.7. The zero-order valence-electron chi connectivity index (χ0n) is 14.1. The van der Waals surface area contributed by atoms with Gasteiger partial charge in [0.1, 0.15) is 10.7 Å². The maximum absolute atomic E-state index is 12.7. The van der Waals surface area contributed by atoms with Crippen LogP contribution >= 0.6 is 22.7 Å². The SMILES string of the molecule is O=C(c1ccccc1)C1CCN(C(=O)c2csc(-c3ccsc3)n2)CC1. The summed E-state index contributed by atoms with van der Waals surface area (Å²) in [6, 6.07) is 11.4. The van der Waals surface area contributed by atoms with Gasteiger partial charge in [0.15, 0.2) is 5.78 Å². The number of hydrogen-bond donors (Lipinski definition) is 0. The number of hydrogen-bond acceptors (Lipinski definition) is 5. The van der Waals surface area contributed by atoms with Gasteiger partial charge in [-0.2, -0.15) is 11.3 Å². The van der Waals surface area contributed by atoms with Crippen LogP contribution < -0.4 is 0 Å². The van der Waals surface area contributed by atoms with Crippen molar-refractivity contribution in [2.45, 2.75) is 12.8 Å². The van der Waals surface area contributed by atoms with Gasteiger partial charge in [0, 0.05) is 40.9 Å². The van der Waals surface area contributed by atoms with Crippen LogP contribution in [0.4, 0.5) is 0 Å². The van der Waals surface area contributed by atoms with Crippen LogP contribution in [0.25, 0.3) is 10.6 Å². The largest absolute Gasteiger partial charge is 0.337 e. The second-order valence-electron chi connectivity index (χ2n) is 6.35. The van der Waals surface area contributed by atoms with Gasteiger partial charge in [-0.3, -0.25) is 9.59 Å². The molecule has 0 aliphatic carbocycles. The number of carbonyl (C=O) groups excluding carboxylic acids is 2. The molecule has 4 nitrogen and oxygen atoms in total. The lowest BCUT2D eigenvalue weighted by molar-refractivity contribution is 0.0646. The summed E-state index contributed by atoms with van der Waals surface area (Å²) < 4.78 is 0. The molecule has 3 heterocycles. The van der Waals surface area contributed by atoms with Crippen molar-refractivity contribution in [1.82, 2.24) is 9.88 Å². The molecule has 0 atom stereocenters. The number of likely N-dealkylation sites (tertiary alicyclic amines) is 1. The molecular weight excluding hydrogens is 364 g/mol. The summed E-state index contributed by atoms with van der Waals surface area (Å²) in [6.45, 7) is 1.21. The highest BCUT2D eigenvalue weighted by Gasteiger charge is 2.29. The average Bonchev–Trinajstić information content (AvgIpc) is 3.39. The standard InChI is InChI=1S/C20H18N2O2S2/c23-18(14-4-2-1-3-5-14)15-6-9-22(10-7-15)20(24)17-13-26-19(21-17)16-8-11-25-12-16/h1-5,8,11-13,15H,6-7,9-10H2. The number of thiophene rings is 1. The van der Waals surface area contributed by atoms with Gasteiger partial charge in [0.2, 0.25) is 0 Å². The number of ketones is 1. The lowest BCUT2D eigenvalue weighted by atomic mass is 9.89. The third kappa shape index (κ3) is 3.48. The van der Waals surface area contributed by atoms with Crippen molar-refractivity contribution in [3.63, 3.8) is 0 Å². The molecule has 0 radical (unpaired) electrons. The Hall–Kier alpha value is -2.31. The molecule has 1 aliphatic rings. The molecule has 1 aliphatic heterocycles. The van der Waals surface area contributed by atoms with E-state index in [0.717, 1.165) is 16.1 Å². The smallest absolute Gasteiger partial charge is 0.273 e. The summed E-state index contributed by atoms with van der Waals surface area (Å²) in [5, 5.41) is 6.75. The Morgan fingerprint density at radius 1 is 1.04 bits per heavy atom. The number of Topliss-reactive ketones (excluding diaryl/α,β-unsaturated/α-hetero) is 1. The first-order valence-corrected chi connectivity index (χ1v) is 10.4. The molecule has 0 spiro atoms. The summed E-state index contributed by atoms with van der Waals surface area (Å²) in [4.78, 5) is 31.6. The third-order valence-electron chi connectivity index (χ3n) is 4.70. The zero-order valence-corrected chi connectivity index (χ0v) is 15.8. The minimum absolute atomic E-state index is 0.00162. The van der Waals surface area contributed by atoms with Crippen LogP contribution in [-0.4, -0.2) is 34.7 Å². The first kappa shape index (κ1) is 17.1. The lowest BCUT2D eigenvalue weighted by Crippen LogP contribution is -2.40. The van der Waals surface area contributed by atoms with Crippen LogP contribution in [0.3, 0.4) is 0 Å². The second kappa shape index (κ2) is 7.51. The molecule has 0 bridgehead atoms. The molecule has 1 aromatic carbocycles. The van der Waals surface area contributed by atoms with Crippen LogP contribution in [-0.2, 0) is 0 Å². The molecule has 1 amide bonds. The summed E-state index contributed by atoms with van der Waals surface area (Å²) in [5.74, 6) is 0.151. The average molecular weight is 383 g/mol. The highest BCUT2D eigenvalue weighted by molar-refractivity contribution is 7.14. The molecule has 3 aromatic rings. The number of rotatable bonds is 4. The molecule has 6 heteroatoms. The summed E-state index contributed by atoms with van der Waals surface area (Å²) in [6.07, 6.45) is 1.42. The summed E-state index contributed by atoms with van der Waals surface area (Å²) >= 11 is 3.12. The van der Waals surface area contributed by atoms with E-state index in [9.17, 15) is 9.59 Å². The molecule has 0 saturated carbocycles. The highest BCUT2D eigenvalue weighted by atomic mass is 32.1. The topological polar surface area (TPSA) is 50.3 Å². The minimum Gasteiger partial charge on any atom is -0.337 e. The molecule has 26 heavy (non-hydrogen) atoms.